The molecule has 8 nitrogen and oxygen atoms in total. The van der Waals surface area contributed by atoms with Crippen molar-refractivity contribution in [3.8, 4) is 44.7 Å². The van der Waals surface area contributed by atoms with Crippen LogP contribution in [0.5, 0.6) is 11.5 Å². The normalized spacial score (nSPS) is 11.2. The number of aliphatic hydroxyl groups is 1. The van der Waals surface area contributed by atoms with Crippen LogP contribution in [0.4, 0.5) is 5.82 Å². The molecule has 0 spiro atoms. The Morgan fingerprint density at radius 3 is 2.57 bits per heavy atom. The fourth-order valence-electron chi connectivity index (χ4n) is 4.16. The summed E-state index contributed by atoms with van der Waals surface area (Å²) in [6.45, 7) is 0.628. The van der Waals surface area contributed by atoms with Crippen molar-refractivity contribution < 1.29 is 14.6 Å². The summed E-state index contributed by atoms with van der Waals surface area (Å²) < 4.78 is 12.8. The highest BCUT2D eigenvalue weighted by molar-refractivity contribution is 7.22. The van der Waals surface area contributed by atoms with Gasteiger partial charge in [0.1, 0.15) is 22.1 Å². The fourth-order valence-corrected chi connectivity index (χ4v) is 5.74. The molecule has 0 saturated carbocycles. The van der Waals surface area contributed by atoms with Crippen LogP contribution in [0, 0.1) is 0 Å². The topological polar surface area (TPSA) is 94.3 Å². The van der Waals surface area contributed by atoms with Gasteiger partial charge in [-0.2, -0.15) is 0 Å². The Morgan fingerprint density at radius 1 is 1.08 bits per heavy atom. The van der Waals surface area contributed by atoms with E-state index in [0.717, 1.165) is 37.5 Å². The van der Waals surface area contributed by atoms with Crippen LogP contribution in [0.25, 0.3) is 43.4 Å². The molecule has 190 valence electrons. The molecule has 0 aliphatic heterocycles. The van der Waals surface area contributed by atoms with Gasteiger partial charge < -0.3 is 24.5 Å². The maximum Gasteiger partial charge on any atom is 0.199 e. The molecule has 0 bridgehead atoms. The van der Waals surface area contributed by atoms with Crippen molar-refractivity contribution in [1.29, 1.82) is 0 Å². The third-order valence-corrected chi connectivity index (χ3v) is 7.51. The number of hydrogen-bond acceptors (Lipinski definition) is 8. The fraction of sp³-hybridized carbons (Fsp3) is 0.222. The summed E-state index contributed by atoms with van der Waals surface area (Å²) in [6.07, 6.45) is 4.17. The van der Waals surface area contributed by atoms with Gasteiger partial charge in [0.25, 0.3) is 0 Å². The molecule has 3 heterocycles. The van der Waals surface area contributed by atoms with Crippen molar-refractivity contribution in [2.75, 3.05) is 32.7 Å². The Kier molecular flexibility index (Phi) is 7.27. The Bertz CT molecular complexity index is 1550. The van der Waals surface area contributed by atoms with Crippen molar-refractivity contribution in [2.24, 2.45) is 7.05 Å². The number of aromatic nitrogens is 4. The van der Waals surface area contributed by atoms with Gasteiger partial charge in [-0.25, -0.2) is 15.0 Å². The molecule has 10 heteroatoms. The number of imidazole rings is 1. The van der Waals surface area contributed by atoms with E-state index in [1.807, 2.05) is 60.3 Å². The van der Waals surface area contributed by atoms with Crippen molar-refractivity contribution in [3.05, 3.63) is 59.9 Å². The molecule has 2 aromatic carbocycles. The molecule has 0 aliphatic carbocycles. The van der Waals surface area contributed by atoms with Crippen LogP contribution in [0.3, 0.4) is 0 Å². The number of methoxy groups -OCH3 is 2. The Morgan fingerprint density at radius 2 is 1.89 bits per heavy atom. The summed E-state index contributed by atoms with van der Waals surface area (Å²) in [7, 11) is 5.16. The number of nitrogens with one attached hydrogen (secondary N) is 1. The lowest BCUT2D eigenvalue weighted by molar-refractivity contribution is 0.292. The van der Waals surface area contributed by atoms with Gasteiger partial charge in [0.05, 0.1) is 24.6 Å². The molecule has 0 unspecified atom stereocenters. The van der Waals surface area contributed by atoms with Crippen LogP contribution in [0.15, 0.2) is 54.9 Å². The first kappa shape index (κ1) is 25.0. The number of fused-ring (bicyclic) bond motifs is 1. The summed E-state index contributed by atoms with van der Waals surface area (Å²) in [5, 5.41) is 14.2. The van der Waals surface area contributed by atoms with Gasteiger partial charge in [0.2, 0.25) is 0 Å². The molecule has 0 aliphatic rings. The quantitative estimate of drug-likeness (QED) is 0.227. The SMILES string of the molecule is COc1ccc(-c2c(-c3cccc(OC)c3Cl)sc3nc(-c4nccn4C)nc(NCCCO)c23)cc1. The zero-order chi connectivity index (χ0) is 25.9. The van der Waals surface area contributed by atoms with Gasteiger partial charge in [-0.3, -0.25) is 0 Å². The summed E-state index contributed by atoms with van der Waals surface area (Å²) in [4.78, 5) is 16.0. The molecule has 0 amide bonds. The molecule has 5 aromatic rings. The number of aliphatic hydroxyl groups excluding tert-OH is 1. The van der Waals surface area contributed by atoms with E-state index in [-0.39, 0.29) is 6.61 Å². The lowest BCUT2D eigenvalue weighted by Gasteiger charge is -2.13. The third kappa shape index (κ3) is 4.73. The predicted octanol–water partition coefficient (Wildman–Crippen LogP) is 5.89. The van der Waals surface area contributed by atoms with Gasteiger partial charge in [-0.05, 0) is 30.2 Å². The number of nitrogens with zero attached hydrogens (tertiary/aromatic N) is 4. The minimum Gasteiger partial charge on any atom is -0.497 e. The first-order chi connectivity index (χ1) is 18.0. The third-order valence-electron chi connectivity index (χ3n) is 6.01. The lowest BCUT2D eigenvalue weighted by Crippen LogP contribution is -2.07. The van der Waals surface area contributed by atoms with Gasteiger partial charge in [0.15, 0.2) is 11.6 Å². The summed E-state index contributed by atoms with van der Waals surface area (Å²) in [5.74, 6) is 3.20. The van der Waals surface area contributed by atoms with Crippen LogP contribution in [0.1, 0.15) is 6.42 Å². The summed E-state index contributed by atoms with van der Waals surface area (Å²) in [6, 6.07) is 13.6. The number of ether oxygens (including phenoxy) is 2. The van der Waals surface area contributed by atoms with Gasteiger partial charge in [-0.1, -0.05) is 35.9 Å². The number of thiophene rings is 1. The van der Waals surface area contributed by atoms with Crippen molar-refractivity contribution in [1.82, 2.24) is 19.5 Å². The predicted molar refractivity (Wildman–Crippen MR) is 149 cm³/mol. The molecule has 0 radical (unpaired) electrons. The highest BCUT2D eigenvalue weighted by Gasteiger charge is 2.24. The van der Waals surface area contributed by atoms with E-state index < -0.39 is 0 Å². The van der Waals surface area contributed by atoms with Crippen molar-refractivity contribution in [2.45, 2.75) is 6.42 Å². The van der Waals surface area contributed by atoms with Crippen molar-refractivity contribution in [3.63, 3.8) is 0 Å². The minimum absolute atomic E-state index is 0.0765. The zero-order valence-corrected chi connectivity index (χ0v) is 22.2. The van der Waals surface area contributed by atoms with Crippen LogP contribution in [0.2, 0.25) is 5.02 Å². The second kappa shape index (κ2) is 10.8. The molecule has 0 atom stereocenters. The smallest absolute Gasteiger partial charge is 0.199 e. The standard InChI is InChI=1S/C27H26ClN5O3S/c1-33-14-13-30-26(33)25-31-24(29-12-5-15-34)21-20(16-8-10-17(35-2)11-9-16)23(37-27(21)32-25)18-6-4-7-19(36-3)22(18)28/h4,6-11,13-14,34H,5,12,15H2,1-3H3,(H,29,31,32). The number of rotatable bonds is 9. The average Bonchev–Trinajstić information content (AvgIpc) is 3.52. The van der Waals surface area contributed by atoms with Gasteiger partial charge >= 0.3 is 0 Å². The number of aryl methyl sites for hydroxylation is 1. The summed E-state index contributed by atoms with van der Waals surface area (Å²) in [5.41, 5.74) is 2.77. The number of hydrogen-bond donors (Lipinski definition) is 2. The van der Waals surface area contributed by atoms with E-state index in [9.17, 15) is 5.11 Å². The van der Waals surface area contributed by atoms with E-state index in [1.165, 1.54) is 11.3 Å². The van der Waals surface area contributed by atoms with E-state index in [2.05, 4.69) is 10.3 Å². The van der Waals surface area contributed by atoms with Gasteiger partial charge in [0, 0.05) is 48.6 Å². The van der Waals surface area contributed by atoms with Crippen LogP contribution < -0.4 is 14.8 Å². The second-order valence-corrected chi connectivity index (χ2v) is 9.68. The number of halogens is 1. The monoisotopic (exact) mass is 535 g/mol. The second-order valence-electron chi connectivity index (χ2n) is 8.30. The maximum absolute atomic E-state index is 9.39. The largest absolute Gasteiger partial charge is 0.497 e. The number of anilines is 1. The van der Waals surface area contributed by atoms with Crippen LogP contribution in [-0.4, -0.2) is 52.0 Å². The average molecular weight is 536 g/mol. The van der Waals surface area contributed by atoms with E-state index >= 15 is 0 Å². The molecule has 37 heavy (non-hydrogen) atoms. The first-order valence-electron chi connectivity index (χ1n) is 11.7. The highest BCUT2D eigenvalue weighted by Crippen LogP contribution is 2.50. The van der Waals surface area contributed by atoms with Gasteiger partial charge in [-0.15, -0.1) is 11.3 Å². The molecule has 2 N–H and O–H groups in total. The minimum atomic E-state index is 0.0765. The van der Waals surface area contributed by atoms with Crippen LogP contribution in [-0.2, 0) is 7.05 Å². The van der Waals surface area contributed by atoms with E-state index in [0.29, 0.717) is 41.2 Å². The first-order valence-corrected chi connectivity index (χ1v) is 12.9. The van der Waals surface area contributed by atoms with Crippen molar-refractivity contribution >= 4 is 39.0 Å². The molecule has 5 rings (SSSR count). The molecule has 0 saturated heterocycles. The molecule has 0 fully saturated rings. The number of benzene rings is 2. The molecular formula is C27H26ClN5O3S. The summed E-state index contributed by atoms with van der Waals surface area (Å²) >= 11 is 8.36. The molecular weight excluding hydrogens is 510 g/mol. The Labute approximate surface area is 223 Å². The Hall–Kier alpha value is -3.66. The Balaban J connectivity index is 1.83. The van der Waals surface area contributed by atoms with Crippen LogP contribution >= 0.6 is 22.9 Å². The van der Waals surface area contributed by atoms with E-state index in [1.54, 1.807) is 20.4 Å². The maximum atomic E-state index is 9.39. The lowest BCUT2D eigenvalue weighted by atomic mass is 9.99. The zero-order valence-electron chi connectivity index (χ0n) is 20.7. The highest BCUT2D eigenvalue weighted by atomic mass is 35.5. The molecule has 3 aromatic heterocycles. The van der Waals surface area contributed by atoms with E-state index in [4.69, 9.17) is 31.0 Å².